The molecule has 1 aromatic rings. The van der Waals surface area contributed by atoms with E-state index in [-0.39, 0.29) is 27.1 Å². The molecule has 0 aliphatic heterocycles. The number of hydrogen-bond donors (Lipinski definition) is 3. The van der Waals surface area contributed by atoms with Gasteiger partial charge in [0.25, 0.3) is 0 Å². The summed E-state index contributed by atoms with van der Waals surface area (Å²) >= 11 is 0. The third-order valence-electron chi connectivity index (χ3n) is 15.1. The molecule has 42 heavy (non-hydrogen) atoms. The number of ketones is 1. The smallest absolute Gasteiger partial charge is 0.138 e. The van der Waals surface area contributed by atoms with Gasteiger partial charge < -0.3 is 15.5 Å². The number of Topliss-reactive ketones (excluding diaryl/α,β-unsaturated/α-hetero) is 1. The highest BCUT2D eigenvalue weighted by atomic mass is 16.3. The fourth-order valence-corrected chi connectivity index (χ4v) is 12.5. The number of rotatable bonds is 7. The molecule has 0 amide bonds. The van der Waals surface area contributed by atoms with Crippen molar-refractivity contribution in [2.24, 2.45) is 56.7 Å². The molecule has 5 saturated carbocycles. The lowest BCUT2D eigenvalue weighted by molar-refractivity contribution is -0.236. The number of fused-ring (bicyclic) bond motifs is 7. The predicted octanol–water partition coefficient (Wildman–Crippen LogP) is 7.72. The van der Waals surface area contributed by atoms with Crippen LogP contribution in [0.2, 0.25) is 0 Å². The van der Waals surface area contributed by atoms with Gasteiger partial charge in [-0.05, 0) is 140 Å². The largest absolute Gasteiger partial charge is 0.508 e. The maximum absolute atomic E-state index is 13.1. The van der Waals surface area contributed by atoms with E-state index in [1.807, 2.05) is 12.1 Å². The molecule has 0 heterocycles. The van der Waals surface area contributed by atoms with Crippen molar-refractivity contribution in [3.05, 3.63) is 42.0 Å². The van der Waals surface area contributed by atoms with E-state index in [1.54, 1.807) is 12.1 Å². The van der Waals surface area contributed by atoms with Crippen LogP contribution in [0, 0.1) is 56.7 Å². The first-order chi connectivity index (χ1) is 19.8. The number of carbonyl (C=O) groups excluding carboxylic acids is 1. The van der Waals surface area contributed by atoms with E-state index in [0.29, 0.717) is 47.7 Å². The Kier molecular flexibility index (Phi) is 7.57. The molecular formula is C38H57NO3. The Bertz CT molecular complexity index is 1210. The number of benzene rings is 1. The lowest BCUT2D eigenvalue weighted by atomic mass is 9.32. The SMILES string of the molecule is C=C(CNCCc1ccc(O)cc1)[C@@H]1CC[C@]2(CO)CC[C@]3(C)[C@H](CC[C@@H]4[C@@]5(C)CCC(=O)C(C)(C)[C@@H]5CC[C@]43C)[C@@H]12. The zero-order chi connectivity index (χ0) is 30.1. The molecule has 232 valence electrons. The first kappa shape index (κ1) is 30.4. The molecule has 0 bridgehead atoms. The van der Waals surface area contributed by atoms with E-state index >= 15 is 0 Å². The van der Waals surface area contributed by atoms with E-state index in [2.05, 4.69) is 46.5 Å². The summed E-state index contributed by atoms with van der Waals surface area (Å²) in [5, 5.41) is 24.2. The molecule has 9 atom stereocenters. The average Bonchev–Trinajstić information content (AvgIpc) is 3.35. The van der Waals surface area contributed by atoms with E-state index in [9.17, 15) is 15.0 Å². The number of aliphatic hydroxyl groups excluding tert-OH is 1. The van der Waals surface area contributed by atoms with Gasteiger partial charge in [0.2, 0.25) is 0 Å². The van der Waals surface area contributed by atoms with E-state index in [0.717, 1.165) is 51.6 Å². The molecule has 5 aliphatic carbocycles. The first-order valence-corrected chi connectivity index (χ1v) is 17.1. The van der Waals surface area contributed by atoms with Crippen LogP contribution in [0.4, 0.5) is 0 Å². The van der Waals surface area contributed by atoms with Crippen molar-refractivity contribution in [1.29, 1.82) is 0 Å². The highest BCUT2D eigenvalue weighted by Gasteiger charge is 2.70. The Morgan fingerprint density at radius 1 is 0.905 bits per heavy atom. The zero-order valence-corrected chi connectivity index (χ0v) is 27.1. The molecule has 5 fully saturated rings. The second kappa shape index (κ2) is 10.5. The summed E-state index contributed by atoms with van der Waals surface area (Å²) in [4.78, 5) is 13.1. The van der Waals surface area contributed by atoms with Crippen LogP contribution in [-0.2, 0) is 11.2 Å². The van der Waals surface area contributed by atoms with Crippen molar-refractivity contribution in [2.45, 2.75) is 105 Å². The van der Waals surface area contributed by atoms with Crippen LogP contribution in [-0.4, -0.2) is 35.7 Å². The van der Waals surface area contributed by atoms with Gasteiger partial charge in [-0.3, -0.25) is 4.79 Å². The Morgan fingerprint density at radius 2 is 1.64 bits per heavy atom. The summed E-state index contributed by atoms with van der Waals surface area (Å²) < 4.78 is 0. The number of aliphatic hydroxyl groups is 1. The minimum absolute atomic E-state index is 0.0490. The second-order valence-corrected chi connectivity index (χ2v) is 16.8. The topological polar surface area (TPSA) is 69.6 Å². The summed E-state index contributed by atoms with van der Waals surface area (Å²) in [6.07, 6.45) is 12.4. The molecule has 1 aromatic carbocycles. The van der Waals surface area contributed by atoms with Crippen LogP contribution >= 0.6 is 0 Å². The number of carbonyl (C=O) groups is 1. The molecule has 0 spiro atoms. The first-order valence-electron chi connectivity index (χ1n) is 17.1. The standard InChI is InChI=1S/C38H57NO3/c1-25(23-39-22-16-26-7-9-27(41)10-8-26)28-13-19-38(24-40)21-20-36(5)29(33(28)38)11-12-31-35(4)17-15-32(42)34(2,3)30(35)14-18-37(31,36)6/h7-10,28-31,33,39-41H,1,11-24H2,2-6H3/t28-,29+,30-,31+,33+,35-,36+,37+,38+/m0/s1. The van der Waals surface area contributed by atoms with Crippen LogP contribution < -0.4 is 5.32 Å². The molecule has 4 heteroatoms. The molecule has 3 N–H and O–H groups in total. The number of nitrogens with one attached hydrogen (secondary N) is 1. The summed E-state index contributed by atoms with van der Waals surface area (Å²) in [6.45, 7) is 19.1. The third-order valence-corrected chi connectivity index (χ3v) is 15.1. The molecule has 6 rings (SSSR count). The van der Waals surface area contributed by atoms with Crippen molar-refractivity contribution in [1.82, 2.24) is 5.32 Å². The van der Waals surface area contributed by atoms with Gasteiger partial charge in [0.15, 0.2) is 0 Å². The lowest BCUT2D eigenvalue weighted by Gasteiger charge is -2.72. The highest BCUT2D eigenvalue weighted by molar-refractivity contribution is 5.85. The van der Waals surface area contributed by atoms with Crippen LogP contribution in [0.25, 0.3) is 0 Å². The van der Waals surface area contributed by atoms with Crippen molar-refractivity contribution >= 4 is 5.78 Å². The van der Waals surface area contributed by atoms with Crippen LogP contribution in [0.1, 0.15) is 104 Å². The van der Waals surface area contributed by atoms with E-state index in [4.69, 9.17) is 0 Å². The van der Waals surface area contributed by atoms with Gasteiger partial charge in [-0.1, -0.05) is 58.9 Å². The molecule has 0 unspecified atom stereocenters. The Morgan fingerprint density at radius 3 is 2.36 bits per heavy atom. The minimum atomic E-state index is -0.200. The average molecular weight is 576 g/mol. The monoisotopic (exact) mass is 575 g/mol. The van der Waals surface area contributed by atoms with Gasteiger partial charge >= 0.3 is 0 Å². The van der Waals surface area contributed by atoms with E-state index in [1.165, 1.54) is 43.2 Å². The van der Waals surface area contributed by atoms with Crippen molar-refractivity contribution in [2.75, 3.05) is 19.7 Å². The normalized spacial score (nSPS) is 44.0. The summed E-state index contributed by atoms with van der Waals surface area (Å²) in [5.41, 5.74) is 3.18. The molecule has 5 aliphatic rings. The summed E-state index contributed by atoms with van der Waals surface area (Å²) in [5.74, 6) is 3.58. The fourth-order valence-electron chi connectivity index (χ4n) is 12.5. The summed E-state index contributed by atoms with van der Waals surface area (Å²) in [7, 11) is 0. The van der Waals surface area contributed by atoms with Gasteiger partial charge in [-0.15, -0.1) is 0 Å². The van der Waals surface area contributed by atoms with Crippen LogP contribution in [0.5, 0.6) is 5.75 Å². The van der Waals surface area contributed by atoms with Gasteiger partial charge in [-0.25, -0.2) is 0 Å². The van der Waals surface area contributed by atoms with Crippen molar-refractivity contribution < 1.29 is 15.0 Å². The van der Waals surface area contributed by atoms with Crippen molar-refractivity contribution in [3.8, 4) is 5.75 Å². The predicted molar refractivity (Wildman–Crippen MR) is 170 cm³/mol. The molecule has 0 aromatic heterocycles. The molecular weight excluding hydrogens is 518 g/mol. The number of phenolic OH excluding ortho intramolecular Hbond substituents is 1. The van der Waals surface area contributed by atoms with Crippen LogP contribution in [0.15, 0.2) is 36.4 Å². The van der Waals surface area contributed by atoms with Gasteiger partial charge in [0.1, 0.15) is 11.5 Å². The second-order valence-electron chi connectivity index (χ2n) is 16.8. The number of hydrogen-bond acceptors (Lipinski definition) is 4. The third kappa shape index (κ3) is 4.31. The molecule has 0 radical (unpaired) electrons. The van der Waals surface area contributed by atoms with Gasteiger partial charge in [0, 0.05) is 25.0 Å². The zero-order valence-electron chi connectivity index (χ0n) is 27.1. The molecule has 4 nitrogen and oxygen atoms in total. The molecule has 0 saturated heterocycles. The highest BCUT2D eigenvalue weighted by Crippen LogP contribution is 2.77. The Hall–Kier alpha value is -1.65. The fraction of sp³-hybridized carbons (Fsp3) is 0.763. The number of aromatic hydroxyl groups is 1. The van der Waals surface area contributed by atoms with E-state index < -0.39 is 0 Å². The minimum Gasteiger partial charge on any atom is -0.508 e. The number of phenols is 1. The lowest BCUT2D eigenvalue weighted by Crippen LogP contribution is -2.66. The van der Waals surface area contributed by atoms with Crippen molar-refractivity contribution in [3.63, 3.8) is 0 Å². The van der Waals surface area contributed by atoms with Gasteiger partial charge in [-0.2, -0.15) is 0 Å². The summed E-state index contributed by atoms with van der Waals surface area (Å²) in [6, 6.07) is 7.52. The quantitative estimate of drug-likeness (QED) is 0.230. The Balaban J connectivity index is 1.22. The maximum Gasteiger partial charge on any atom is 0.138 e. The Labute approximate surface area is 255 Å². The van der Waals surface area contributed by atoms with Gasteiger partial charge in [0.05, 0.1) is 0 Å². The maximum atomic E-state index is 13.1. The van der Waals surface area contributed by atoms with Crippen LogP contribution in [0.3, 0.4) is 0 Å².